The Labute approximate surface area is 102 Å². The van der Waals surface area contributed by atoms with Crippen LogP contribution in [0.3, 0.4) is 0 Å². The molecule has 0 bridgehead atoms. The first-order chi connectivity index (χ1) is 7.77. The molecule has 0 saturated carbocycles. The fourth-order valence-electron chi connectivity index (χ4n) is 1.51. The van der Waals surface area contributed by atoms with Gasteiger partial charge in [-0.05, 0) is 31.7 Å². The first-order valence-corrected chi connectivity index (χ1v) is 6.86. The molecule has 1 unspecified atom stereocenters. The van der Waals surface area contributed by atoms with E-state index in [4.69, 9.17) is 5.11 Å². The lowest BCUT2D eigenvalue weighted by atomic mass is 10.1. The van der Waals surface area contributed by atoms with Crippen LogP contribution in [0.5, 0.6) is 0 Å². The van der Waals surface area contributed by atoms with Crippen molar-refractivity contribution in [3.63, 3.8) is 0 Å². The maximum absolute atomic E-state index is 8.71. The number of hydrogen-bond donors (Lipinski definition) is 2. The maximum Gasteiger partial charge on any atom is 0.0438 e. The van der Waals surface area contributed by atoms with Crippen LogP contribution in [0.25, 0.3) is 0 Å². The fourth-order valence-corrected chi connectivity index (χ4v) is 2.61. The molecule has 1 aromatic rings. The number of hydrogen-bond acceptors (Lipinski definition) is 3. The zero-order valence-corrected chi connectivity index (χ0v) is 10.9. The van der Waals surface area contributed by atoms with E-state index in [0.717, 1.165) is 17.9 Å². The monoisotopic (exact) mass is 239 g/mol. The van der Waals surface area contributed by atoms with E-state index >= 15 is 0 Å². The van der Waals surface area contributed by atoms with E-state index in [1.807, 2.05) is 18.8 Å². The third-order valence-corrected chi connectivity index (χ3v) is 3.71. The van der Waals surface area contributed by atoms with E-state index in [-0.39, 0.29) is 0 Å². The van der Waals surface area contributed by atoms with E-state index in [0.29, 0.717) is 12.6 Å². The molecule has 0 heterocycles. The van der Waals surface area contributed by atoms with Crippen molar-refractivity contribution in [2.75, 3.05) is 25.2 Å². The highest BCUT2D eigenvalue weighted by Gasteiger charge is 2.08. The van der Waals surface area contributed by atoms with Crippen LogP contribution in [-0.4, -0.2) is 30.3 Å². The van der Waals surface area contributed by atoms with Crippen LogP contribution in [0.2, 0.25) is 0 Å². The Morgan fingerprint density at radius 3 is 2.56 bits per heavy atom. The van der Waals surface area contributed by atoms with Gasteiger partial charge in [-0.15, -0.1) is 0 Å². The number of aliphatic hydroxyl groups is 1. The summed E-state index contributed by atoms with van der Waals surface area (Å²) in [4.78, 5) is 0. The van der Waals surface area contributed by atoms with Crippen molar-refractivity contribution in [3.05, 3.63) is 35.4 Å². The lowest BCUT2D eigenvalue weighted by Crippen LogP contribution is -2.18. The topological polar surface area (TPSA) is 32.3 Å². The second-order valence-electron chi connectivity index (χ2n) is 3.90. The Balaban J connectivity index is 2.44. The minimum Gasteiger partial charge on any atom is -0.396 e. The number of thioether (sulfide) groups is 1. The molecule has 0 saturated heterocycles. The van der Waals surface area contributed by atoms with Crippen LogP contribution in [0, 0.1) is 6.92 Å². The van der Waals surface area contributed by atoms with Gasteiger partial charge in [0.05, 0.1) is 0 Å². The summed E-state index contributed by atoms with van der Waals surface area (Å²) in [6, 6.07) is 9.08. The number of benzene rings is 1. The Morgan fingerprint density at radius 1 is 1.31 bits per heavy atom. The van der Waals surface area contributed by atoms with Gasteiger partial charge in [-0.3, -0.25) is 0 Å². The van der Waals surface area contributed by atoms with Gasteiger partial charge in [-0.25, -0.2) is 0 Å². The van der Waals surface area contributed by atoms with Crippen molar-refractivity contribution in [2.45, 2.75) is 19.4 Å². The van der Waals surface area contributed by atoms with Crippen molar-refractivity contribution in [1.82, 2.24) is 5.32 Å². The van der Waals surface area contributed by atoms with Gasteiger partial charge in [0, 0.05) is 18.4 Å². The van der Waals surface area contributed by atoms with Crippen molar-refractivity contribution in [1.29, 1.82) is 0 Å². The van der Waals surface area contributed by atoms with Gasteiger partial charge in [0.1, 0.15) is 0 Å². The molecule has 0 aromatic heterocycles. The number of rotatable bonds is 7. The van der Waals surface area contributed by atoms with Crippen LogP contribution in [0.1, 0.15) is 23.6 Å². The summed E-state index contributed by atoms with van der Waals surface area (Å²) in [5.41, 5.74) is 2.64. The molecule has 0 aliphatic carbocycles. The zero-order chi connectivity index (χ0) is 11.8. The van der Waals surface area contributed by atoms with E-state index in [1.165, 1.54) is 11.1 Å². The van der Waals surface area contributed by atoms with Crippen LogP contribution in [0.4, 0.5) is 0 Å². The minimum absolute atomic E-state index is 0.293. The number of nitrogens with one attached hydrogen (secondary N) is 1. The zero-order valence-electron chi connectivity index (χ0n) is 10.1. The van der Waals surface area contributed by atoms with Crippen LogP contribution >= 0.6 is 11.8 Å². The third kappa shape index (κ3) is 4.56. The summed E-state index contributed by atoms with van der Waals surface area (Å²) in [5, 5.41) is 12.0. The molecule has 2 N–H and O–H groups in total. The van der Waals surface area contributed by atoms with Crippen molar-refractivity contribution >= 4 is 11.8 Å². The van der Waals surface area contributed by atoms with Crippen LogP contribution in [-0.2, 0) is 0 Å². The number of aryl methyl sites for hydroxylation is 1. The molecule has 2 nitrogen and oxygen atoms in total. The van der Waals surface area contributed by atoms with Crippen molar-refractivity contribution in [2.24, 2.45) is 0 Å². The molecule has 0 amide bonds. The van der Waals surface area contributed by atoms with Crippen molar-refractivity contribution < 1.29 is 5.11 Å². The lowest BCUT2D eigenvalue weighted by Gasteiger charge is -2.16. The molecule has 3 heteroatoms. The molecule has 0 spiro atoms. The standard InChI is InChI=1S/C13H21NOS/c1-11-4-6-12(7-5-11)13(14-2)10-16-9-3-8-15/h4-7,13-15H,3,8-10H2,1-2H3. The minimum atomic E-state index is 0.293. The van der Waals surface area contributed by atoms with E-state index in [9.17, 15) is 0 Å². The van der Waals surface area contributed by atoms with Gasteiger partial charge in [-0.2, -0.15) is 11.8 Å². The van der Waals surface area contributed by atoms with Gasteiger partial charge >= 0.3 is 0 Å². The molecule has 1 atom stereocenters. The smallest absolute Gasteiger partial charge is 0.0438 e. The average molecular weight is 239 g/mol. The van der Waals surface area contributed by atoms with Crippen molar-refractivity contribution in [3.8, 4) is 0 Å². The Hall–Kier alpha value is -0.510. The first kappa shape index (κ1) is 13.6. The molecule has 0 aliphatic rings. The third-order valence-electron chi connectivity index (χ3n) is 2.56. The molecular weight excluding hydrogens is 218 g/mol. The predicted molar refractivity (Wildman–Crippen MR) is 72.0 cm³/mol. The largest absolute Gasteiger partial charge is 0.396 e. The summed E-state index contributed by atoms with van der Waals surface area (Å²) in [5.74, 6) is 2.08. The maximum atomic E-state index is 8.71. The van der Waals surface area contributed by atoms with Gasteiger partial charge < -0.3 is 10.4 Å². The predicted octanol–water partition coefficient (Wildman–Crippen LogP) is 2.37. The Kier molecular flexibility index (Phi) is 6.53. The van der Waals surface area contributed by atoms with Crippen LogP contribution < -0.4 is 5.32 Å². The van der Waals surface area contributed by atoms with Gasteiger partial charge in [0.2, 0.25) is 0 Å². The summed E-state index contributed by atoms with van der Waals surface area (Å²) in [7, 11) is 2.00. The van der Waals surface area contributed by atoms with Gasteiger partial charge in [-0.1, -0.05) is 29.8 Å². The molecule has 90 valence electrons. The van der Waals surface area contributed by atoms with E-state index in [1.54, 1.807) is 0 Å². The quantitative estimate of drug-likeness (QED) is 0.717. The van der Waals surface area contributed by atoms with Crippen LogP contribution in [0.15, 0.2) is 24.3 Å². The molecule has 1 rings (SSSR count). The normalized spacial score (nSPS) is 12.7. The van der Waals surface area contributed by atoms with E-state index in [2.05, 4.69) is 36.5 Å². The fraction of sp³-hybridized carbons (Fsp3) is 0.538. The molecule has 0 fully saturated rings. The first-order valence-electron chi connectivity index (χ1n) is 5.70. The second-order valence-corrected chi connectivity index (χ2v) is 5.05. The lowest BCUT2D eigenvalue weighted by molar-refractivity contribution is 0.296. The highest BCUT2D eigenvalue weighted by atomic mass is 32.2. The summed E-state index contributed by atoms with van der Waals surface area (Å²) < 4.78 is 0. The summed E-state index contributed by atoms with van der Waals surface area (Å²) in [6.45, 7) is 2.40. The molecule has 16 heavy (non-hydrogen) atoms. The summed E-state index contributed by atoms with van der Waals surface area (Å²) in [6.07, 6.45) is 0.884. The second kappa shape index (κ2) is 7.71. The molecule has 1 aromatic carbocycles. The van der Waals surface area contributed by atoms with Gasteiger partial charge in [0.25, 0.3) is 0 Å². The SMILES string of the molecule is CNC(CSCCCO)c1ccc(C)cc1. The highest BCUT2D eigenvalue weighted by molar-refractivity contribution is 7.99. The summed E-state index contributed by atoms with van der Waals surface area (Å²) >= 11 is 1.89. The average Bonchev–Trinajstić information content (AvgIpc) is 2.31. The van der Waals surface area contributed by atoms with E-state index < -0.39 is 0 Å². The Morgan fingerprint density at radius 2 is 2.00 bits per heavy atom. The molecule has 0 aliphatic heterocycles. The Bertz CT molecular complexity index is 286. The molecule has 0 radical (unpaired) electrons. The highest BCUT2D eigenvalue weighted by Crippen LogP contribution is 2.18. The number of aliphatic hydroxyl groups excluding tert-OH is 1. The van der Waals surface area contributed by atoms with Gasteiger partial charge in [0.15, 0.2) is 0 Å². The molecular formula is C13H21NOS.